The first-order chi connectivity index (χ1) is 7.66. The number of thiazole rings is 1. The smallest absolute Gasteiger partial charge is 0.191 e. The van der Waals surface area contributed by atoms with E-state index in [9.17, 15) is 4.79 Å². The summed E-state index contributed by atoms with van der Waals surface area (Å²) in [6, 6.07) is 1.70. The second kappa shape index (κ2) is 4.23. The number of rotatable bonds is 3. The zero-order chi connectivity index (χ0) is 11.5. The van der Waals surface area contributed by atoms with Crippen LogP contribution in [0.25, 0.3) is 0 Å². The van der Waals surface area contributed by atoms with Crippen LogP contribution in [0.15, 0.2) is 18.6 Å². The second-order valence-corrected chi connectivity index (χ2v) is 4.01. The Bertz CT molecular complexity index is 510. The molecular formula is C9H9N5OS. The maximum Gasteiger partial charge on any atom is 0.191 e. The number of hydrogen-bond donors (Lipinski definition) is 2. The molecule has 0 aromatic carbocycles. The number of nitrogens with zero attached hydrogens (tertiary/aromatic N) is 3. The highest BCUT2D eigenvalue weighted by Crippen LogP contribution is 2.26. The molecule has 0 saturated heterocycles. The number of aromatic nitrogens is 3. The fraction of sp³-hybridized carbons (Fsp3) is 0.111. The summed E-state index contributed by atoms with van der Waals surface area (Å²) in [6.45, 7) is 1.46. The predicted molar refractivity (Wildman–Crippen MR) is 61.8 cm³/mol. The Morgan fingerprint density at radius 1 is 1.56 bits per heavy atom. The lowest BCUT2D eigenvalue weighted by atomic mass is 10.4. The van der Waals surface area contributed by atoms with Crippen LogP contribution in [0.3, 0.4) is 0 Å². The number of nitrogens with one attached hydrogen (secondary N) is 1. The Morgan fingerprint density at radius 2 is 2.38 bits per heavy atom. The Labute approximate surface area is 95.6 Å². The number of ketones is 1. The SMILES string of the molecule is CC(=O)c1sc(Nc2ccncn2)nc1N. The second-order valence-electron chi connectivity index (χ2n) is 3.01. The average Bonchev–Trinajstić information content (AvgIpc) is 2.61. The van der Waals surface area contributed by atoms with Gasteiger partial charge in [0, 0.05) is 13.1 Å². The van der Waals surface area contributed by atoms with Gasteiger partial charge in [-0.2, -0.15) is 0 Å². The monoisotopic (exact) mass is 235 g/mol. The summed E-state index contributed by atoms with van der Waals surface area (Å²) in [5, 5.41) is 3.49. The van der Waals surface area contributed by atoms with Crippen LogP contribution in [0.5, 0.6) is 0 Å². The summed E-state index contributed by atoms with van der Waals surface area (Å²) in [5.41, 5.74) is 5.60. The predicted octanol–water partition coefficient (Wildman–Crippen LogP) is 1.46. The number of nitrogens with two attached hydrogens (primary N) is 1. The van der Waals surface area contributed by atoms with Crippen molar-refractivity contribution in [2.75, 3.05) is 11.1 Å². The van der Waals surface area contributed by atoms with Crippen molar-refractivity contribution in [1.82, 2.24) is 15.0 Å². The molecule has 2 aromatic heterocycles. The Hall–Kier alpha value is -2.02. The van der Waals surface area contributed by atoms with E-state index >= 15 is 0 Å². The van der Waals surface area contributed by atoms with E-state index < -0.39 is 0 Å². The summed E-state index contributed by atoms with van der Waals surface area (Å²) in [4.78, 5) is 23.4. The first-order valence-electron chi connectivity index (χ1n) is 4.47. The molecule has 6 nitrogen and oxygen atoms in total. The lowest BCUT2D eigenvalue weighted by Gasteiger charge is -1.98. The molecule has 0 radical (unpaired) electrons. The molecule has 3 N–H and O–H groups in total. The van der Waals surface area contributed by atoms with Crippen LogP contribution in [0.1, 0.15) is 16.6 Å². The highest BCUT2D eigenvalue weighted by Gasteiger charge is 2.12. The van der Waals surface area contributed by atoms with Crippen molar-refractivity contribution in [3.8, 4) is 0 Å². The molecule has 2 rings (SSSR count). The molecule has 0 amide bonds. The van der Waals surface area contributed by atoms with E-state index in [0.29, 0.717) is 15.8 Å². The van der Waals surface area contributed by atoms with Gasteiger partial charge in [-0.25, -0.2) is 15.0 Å². The van der Waals surface area contributed by atoms with Crippen LogP contribution in [-0.2, 0) is 0 Å². The molecule has 16 heavy (non-hydrogen) atoms. The number of Topliss-reactive ketones (excluding diaryl/α,β-unsaturated/α-hetero) is 1. The third kappa shape index (κ3) is 2.14. The summed E-state index contributed by atoms with van der Waals surface area (Å²) in [7, 11) is 0. The van der Waals surface area contributed by atoms with Gasteiger partial charge in [0.2, 0.25) is 0 Å². The third-order valence-electron chi connectivity index (χ3n) is 1.79. The van der Waals surface area contributed by atoms with E-state index in [1.54, 1.807) is 12.3 Å². The van der Waals surface area contributed by atoms with E-state index in [4.69, 9.17) is 5.73 Å². The minimum atomic E-state index is -0.0919. The Balaban J connectivity index is 2.23. The Kier molecular flexibility index (Phi) is 2.78. The number of carbonyl (C=O) groups is 1. The van der Waals surface area contributed by atoms with E-state index in [0.717, 1.165) is 0 Å². The molecule has 82 valence electrons. The van der Waals surface area contributed by atoms with Gasteiger partial charge in [0.15, 0.2) is 10.9 Å². The standard InChI is InChI=1S/C9H9N5OS/c1-5(15)7-8(10)14-9(16-7)13-6-2-3-11-4-12-6/h2-4H,10H2,1H3,(H,11,12,13,14). The average molecular weight is 235 g/mol. The van der Waals surface area contributed by atoms with Gasteiger partial charge in [-0.15, -0.1) is 0 Å². The molecule has 2 heterocycles. The number of carbonyl (C=O) groups excluding carboxylic acids is 1. The Morgan fingerprint density at radius 3 is 2.94 bits per heavy atom. The minimum Gasteiger partial charge on any atom is -0.382 e. The lowest BCUT2D eigenvalue weighted by molar-refractivity contribution is 0.102. The number of anilines is 3. The maximum atomic E-state index is 11.2. The molecule has 0 aliphatic carbocycles. The summed E-state index contributed by atoms with van der Waals surface area (Å²) in [6.07, 6.45) is 3.03. The molecular weight excluding hydrogens is 226 g/mol. The highest BCUT2D eigenvalue weighted by atomic mass is 32.1. The van der Waals surface area contributed by atoms with Crippen molar-refractivity contribution in [1.29, 1.82) is 0 Å². The van der Waals surface area contributed by atoms with Gasteiger partial charge in [0.25, 0.3) is 0 Å². The zero-order valence-corrected chi connectivity index (χ0v) is 9.28. The van der Waals surface area contributed by atoms with Gasteiger partial charge in [0.05, 0.1) is 0 Å². The van der Waals surface area contributed by atoms with Gasteiger partial charge in [-0.3, -0.25) is 4.79 Å². The maximum absolute atomic E-state index is 11.2. The van der Waals surface area contributed by atoms with Crippen LogP contribution >= 0.6 is 11.3 Å². The molecule has 7 heteroatoms. The van der Waals surface area contributed by atoms with Crippen molar-refractivity contribution in [2.24, 2.45) is 0 Å². The van der Waals surface area contributed by atoms with E-state index in [1.165, 1.54) is 24.6 Å². The normalized spacial score (nSPS) is 10.1. The van der Waals surface area contributed by atoms with Gasteiger partial charge < -0.3 is 11.1 Å². The lowest BCUT2D eigenvalue weighted by Crippen LogP contribution is -1.95. The fourth-order valence-corrected chi connectivity index (χ4v) is 1.90. The molecule has 0 fully saturated rings. The van der Waals surface area contributed by atoms with E-state index in [1.807, 2.05) is 0 Å². The number of nitrogen functional groups attached to an aromatic ring is 1. The zero-order valence-electron chi connectivity index (χ0n) is 8.47. The molecule has 0 unspecified atom stereocenters. The first-order valence-corrected chi connectivity index (χ1v) is 5.28. The number of hydrogen-bond acceptors (Lipinski definition) is 7. The molecule has 0 aliphatic rings. The molecule has 0 bridgehead atoms. The topological polar surface area (TPSA) is 93.8 Å². The van der Waals surface area contributed by atoms with Crippen LogP contribution in [0, 0.1) is 0 Å². The molecule has 0 aliphatic heterocycles. The molecule has 0 spiro atoms. The van der Waals surface area contributed by atoms with E-state index in [2.05, 4.69) is 20.3 Å². The largest absolute Gasteiger partial charge is 0.382 e. The van der Waals surface area contributed by atoms with Crippen molar-refractivity contribution in [3.63, 3.8) is 0 Å². The van der Waals surface area contributed by atoms with E-state index in [-0.39, 0.29) is 11.6 Å². The summed E-state index contributed by atoms with van der Waals surface area (Å²) < 4.78 is 0. The quantitative estimate of drug-likeness (QED) is 0.782. The first kappa shape index (κ1) is 10.5. The minimum absolute atomic E-state index is 0.0919. The van der Waals surface area contributed by atoms with Crippen molar-refractivity contribution < 1.29 is 4.79 Å². The van der Waals surface area contributed by atoms with Gasteiger partial charge in [-0.05, 0) is 6.07 Å². The molecule has 2 aromatic rings. The van der Waals surface area contributed by atoms with Crippen molar-refractivity contribution in [2.45, 2.75) is 6.92 Å². The third-order valence-corrected chi connectivity index (χ3v) is 2.88. The molecule has 0 atom stereocenters. The fourth-order valence-electron chi connectivity index (χ4n) is 1.11. The van der Waals surface area contributed by atoms with Crippen molar-refractivity contribution >= 4 is 33.9 Å². The van der Waals surface area contributed by atoms with Gasteiger partial charge in [-0.1, -0.05) is 11.3 Å². The summed E-state index contributed by atoms with van der Waals surface area (Å²) in [5.74, 6) is 0.763. The highest BCUT2D eigenvalue weighted by molar-refractivity contribution is 7.18. The van der Waals surface area contributed by atoms with Gasteiger partial charge in [0.1, 0.15) is 22.8 Å². The van der Waals surface area contributed by atoms with Crippen LogP contribution < -0.4 is 11.1 Å². The van der Waals surface area contributed by atoms with Gasteiger partial charge >= 0.3 is 0 Å². The van der Waals surface area contributed by atoms with Crippen LogP contribution in [0.4, 0.5) is 16.8 Å². The summed E-state index contributed by atoms with van der Waals surface area (Å²) >= 11 is 1.21. The van der Waals surface area contributed by atoms with Crippen molar-refractivity contribution in [3.05, 3.63) is 23.5 Å². The van der Waals surface area contributed by atoms with Crippen LogP contribution in [-0.4, -0.2) is 20.7 Å². The molecule has 0 saturated carbocycles. The van der Waals surface area contributed by atoms with Crippen LogP contribution in [0.2, 0.25) is 0 Å².